The largest absolute Gasteiger partial charge is 0.394 e. The Morgan fingerprint density at radius 2 is 2.33 bits per heavy atom. The predicted molar refractivity (Wildman–Crippen MR) is 83.2 cm³/mol. The zero-order valence-corrected chi connectivity index (χ0v) is 12.6. The Labute approximate surface area is 127 Å². The van der Waals surface area contributed by atoms with Gasteiger partial charge in [0.2, 0.25) is 0 Å². The van der Waals surface area contributed by atoms with Gasteiger partial charge in [0.25, 0.3) is 5.91 Å². The molecule has 0 radical (unpaired) electrons. The summed E-state index contributed by atoms with van der Waals surface area (Å²) in [4.78, 5) is 16.3. The number of thioether (sulfide) groups is 1. The van der Waals surface area contributed by atoms with Gasteiger partial charge in [-0.3, -0.25) is 14.9 Å². The van der Waals surface area contributed by atoms with Gasteiger partial charge >= 0.3 is 0 Å². The SMILES string of the molecule is CSCC[C@H](CO)NC(=O)c1cc(-c2ccccn2)n[nH]1. The molecule has 0 aliphatic heterocycles. The number of aromatic amines is 1. The van der Waals surface area contributed by atoms with Gasteiger partial charge in [-0.25, -0.2) is 0 Å². The Balaban J connectivity index is 2.02. The van der Waals surface area contributed by atoms with Crippen molar-refractivity contribution < 1.29 is 9.90 Å². The fourth-order valence-electron chi connectivity index (χ4n) is 1.82. The van der Waals surface area contributed by atoms with E-state index in [9.17, 15) is 9.90 Å². The molecular weight excluding hydrogens is 288 g/mol. The van der Waals surface area contributed by atoms with Crippen LogP contribution in [0.4, 0.5) is 0 Å². The minimum atomic E-state index is -0.273. The summed E-state index contributed by atoms with van der Waals surface area (Å²) in [7, 11) is 0. The second kappa shape index (κ2) is 7.80. The molecule has 112 valence electrons. The summed E-state index contributed by atoms with van der Waals surface area (Å²) >= 11 is 1.68. The van der Waals surface area contributed by atoms with Crippen LogP contribution in [-0.2, 0) is 0 Å². The molecule has 3 N–H and O–H groups in total. The maximum absolute atomic E-state index is 12.1. The lowest BCUT2D eigenvalue weighted by Gasteiger charge is -2.14. The van der Waals surface area contributed by atoms with Gasteiger partial charge in [0.15, 0.2) is 0 Å². The molecule has 0 spiro atoms. The molecule has 0 bridgehead atoms. The molecule has 0 fully saturated rings. The number of H-pyrrole nitrogens is 1. The van der Waals surface area contributed by atoms with E-state index in [0.717, 1.165) is 12.2 Å². The second-order valence-electron chi connectivity index (χ2n) is 4.52. The zero-order chi connectivity index (χ0) is 15.1. The van der Waals surface area contributed by atoms with Crippen molar-refractivity contribution in [1.82, 2.24) is 20.5 Å². The monoisotopic (exact) mass is 306 g/mol. The lowest BCUT2D eigenvalue weighted by atomic mass is 10.2. The number of amides is 1. The van der Waals surface area contributed by atoms with E-state index in [0.29, 0.717) is 17.1 Å². The van der Waals surface area contributed by atoms with Crippen LogP contribution >= 0.6 is 11.8 Å². The van der Waals surface area contributed by atoms with Gasteiger partial charge in [-0.15, -0.1) is 0 Å². The lowest BCUT2D eigenvalue weighted by molar-refractivity contribution is 0.0910. The van der Waals surface area contributed by atoms with Gasteiger partial charge in [-0.05, 0) is 36.6 Å². The Bertz CT molecular complexity index is 573. The summed E-state index contributed by atoms with van der Waals surface area (Å²) in [6, 6.07) is 6.92. The van der Waals surface area contributed by atoms with Crippen molar-refractivity contribution in [3.8, 4) is 11.4 Å². The van der Waals surface area contributed by atoms with E-state index in [1.54, 1.807) is 24.0 Å². The third-order valence-corrected chi connectivity index (χ3v) is 3.62. The number of aromatic nitrogens is 3. The molecule has 2 heterocycles. The number of hydrogen-bond acceptors (Lipinski definition) is 5. The molecule has 1 amide bonds. The van der Waals surface area contributed by atoms with Crippen LogP contribution in [0.25, 0.3) is 11.4 Å². The zero-order valence-electron chi connectivity index (χ0n) is 11.7. The summed E-state index contributed by atoms with van der Waals surface area (Å²) in [5.41, 5.74) is 1.68. The highest BCUT2D eigenvalue weighted by atomic mass is 32.2. The average Bonchev–Trinajstić information content (AvgIpc) is 3.02. The van der Waals surface area contributed by atoms with Crippen LogP contribution in [0.15, 0.2) is 30.5 Å². The first-order valence-electron chi connectivity index (χ1n) is 6.62. The summed E-state index contributed by atoms with van der Waals surface area (Å²) in [5.74, 6) is 0.609. The third kappa shape index (κ3) is 4.30. The average molecular weight is 306 g/mol. The molecule has 21 heavy (non-hydrogen) atoms. The molecule has 0 saturated carbocycles. The number of hydrogen-bond donors (Lipinski definition) is 3. The molecule has 0 saturated heterocycles. The van der Waals surface area contributed by atoms with E-state index in [1.165, 1.54) is 0 Å². The number of aliphatic hydroxyl groups excluding tert-OH is 1. The smallest absolute Gasteiger partial charge is 0.269 e. The number of carbonyl (C=O) groups is 1. The highest BCUT2D eigenvalue weighted by molar-refractivity contribution is 7.98. The number of carbonyl (C=O) groups excluding carboxylic acids is 1. The van der Waals surface area contributed by atoms with Gasteiger partial charge in [0.05, 0.1) is 18.3 Å². The minimum Gasteiger partial charge on any atom is -0.394 e. The van der Waals surface area contributed by atoms with Crippen molar-refractivity contribution in [3.05, 3.63) is 36.2 Å². The van der Waals surface area contributed by atoms with Crippen molar-refractivity contribution in [3.63, 3.8) is 0 Å². The van der Waals surface area contributed by atoms with Crippen molar-refractivity contribution in [2.24, 2.45) is 0 Å². The van der Waals surface area contributed by atoms with Gasteiger partial charge in [0, 0.05) is 6.20 Å². The Morgan fingerprint density at radius 3 is 3.00 bits per heavy atom. The molecule has 0 unspecified atom stereocenters. The maximum atomic E-state index is 12.1. The van der Waals surface area contributed by atoms with Crippen LogP contribution in [0, 0.1) is 0 Å². The number of nitrogens with zero attached hydrogens (tertiary/aromatic N) is 2. The summed E-state index contributed by atoms with van der Waals surface area (Å²) < 4.78 is 0. The van der Waals surface area contributed by atoms with E-state index in [1.807, 2.05) is 24.5 Å². The first-order chi connectivity index (χ1) is 10.2. The first kappa shape index (κ1) is 15.5. The molecule has 2 aromatic rings. The molecule has 1 atom stereocenters. The summed E-state index contributed by atoms with van der Waals surface area (Å²) in [6.45, 7) is -0.0759. The molecule has 0 aliphatic carbocycles. The van der Waals surface area contributed by atoms with E-state index in [2.05, 4.69) is 20.5 Å². The van der Waals surface area contributed by atoms with Gasteiger partial charge in [0.1, 0.15) is 11.4 Å². The lowest BCUT2D eigenvalue weighted by Crippen LogP contribution is -2.38. The Morgan fingerprint density at radius 1 is 1.48 bits per heavy atom. The first-order valence-corrected chi connectivity index (χ1v) is 8.01. The normalized spacial score (nSPS) is 12.1. The van der Waals surface area contributed by atoms with Crippen LogP contribution in [0.2, 0.25) is 0 Å². The fraction of sp³-hybridized carbons (Fsp3) is 0.357. The predicted octanol–water partition coefficient (Wildman–Crippen LogP) is 1.32. The van der Waals surface area contributed by atoms with E-state index >= 15 is 0 Å². The van der Waals surface area contributed by atoms with Gasteiger partial charge in [-0.2, -0.15) is 16.9 Å². The van der Waals surface area contributed by atoms with Crippen LogP contribution in [0.5, 0.6) is 0 Å². The molecule has 0 aromatic carbocycles. The number of aliphatic hydroxyl groups is 1. The maximum Gasteiger partial charge on any atom is 0.269 e. The molecule has 7 heteroatoms. The standard InChI is InChI=1S/C14H18N4O2S/c1-21-7-5-10(9-19)16-14(20)13-8-12(17-18-13)11-4-2-3-6-15-11/h2-4,6,8,10,19H,5,7,9H2,1H3,(H,16,20)(H,17,18)/t10-/m1/s1. The van der Waals surface area contributed by atoms with Gasteiger partial charge in [-0.1, -0.05) is 6.07 Å². The van der Waals surface area contributed by atoms with Gasteiger partial charge < -0.3 is 10.4 Å². The summed E-state index contributed by atoms with van der Waals surface area (Å²) in [5, 5.41) is 18.8. The van der Waals surface area contributed by atoms with E-state index < -0.39 is 0 Å². The van der Waals surface area contributed by atoms with Crippen molar-refractivity contribution >= 4 is 17.7 Å². The number of pyridine rings is 1. The Kier molecular flexibility index (Phi) is 5.77. The molecule has 6 nitrogen and oxygen atoms in total. The van der Waals surface area contributed by atoms with Crippen LogP contribution in [-0.4, -0.2) is 50.9 Å². The number of nitrogens with one attached hydrogen (secondary N) is 2. The molecule has 2 aromatic heterocycles. The van der Waals surface area contributed by atoms with Crippen LogP contribution in [0.3, 0.4) is 0 Å². The fourth-order valence-corrected chi connectivity index (χ4v) is 2.34. The quantitative estimate of drug-likeness (QED) is 0.717. The highest BCUT2D eigenvalue weighted by Crippen LogP contribution is 2.14. The van der Waals surface area contributed by atoms with E-state index in [4.69, 9.17) is 0 Å². The second-order valence-corrected chi connectivity index (χ2v) is 5.50. The molecular formula is C14H18N4O2S. The molecule has 2 rings (SSSR count). The van der Waals surface area contributed by atoms with Crippen molar-refractivity contribution in [2.45, 2.75) is 12.5 Å². The van der Waals surface area contributed by atoms with Crippen LogP contribution < -0.4 is 5.32 Å². The topological polar surface area (TPSA) is 90.9 Å². The summed E-state index contributed by atoms with van der Waals surface area (Å²) in [6.07, 6.45) is 4.39. The third-order valence-electron chi connectivity index (χ3n) is 2.98. The Hall–Kier alpha value is -1.86. The van der Waals surface area contributed by atoms with Crippen molar-refractivity contribution in [1.29, 1.82) is 0 Å². The number of rotatable bonds is 7. The van der Waals surface area contributed by atoms with Crippen molar-refractivity contribution in [2.75, 3.05) is 18.6 Å². The minimum absolute atomic E-state index is 0.0759. The van der Waals surface area contributed by atoms with Crippen LogP contribution in [0.1, 0.15) is 16.9 Å². The molecule has 0 aliphatic rings. The van der Waals surface area contributed by atoms with E-state index in [-0.39, 0.29) is 18.6 Å². The highest BCUT2D eigenvalue weighted by Gasteiger charge is 2.15.